The lowest BCUT2D eigenvalue weighted by molar-refractivity contribution is 0.412. The van der Waals surface area contributed by atoms with Crippen LogP contribution in [0.4, 0.5) is 0 Å². The maximum atomic E-state index is 5.21. The van der Waals surface area contributed by atoms with Gasteiger partial charge in [0.15, 0.2) is 0 Å². The summed E-state index contributed by atoms with van der Waals surface area (Å²) < 4.78 is 6.22. The van der Waals surface area contributed by atoms with Gasteiger partial charge in [0.05, 0.1) is 11.6 Å². The molecule has 0 bridgehead atoms. The lowest BCUT2D eigenvalue weighted by Gasteiger charge is -2.15. The van der Waals surface area contributed by atoms with Gasteiger partial charge < -0.3 is 10.1 Å². The van der Waals surface area contributed by atoms with Gasteiger partial charge in [0.2, 0.25) is 0 Å². The molecule has 1 N–H and O–H groups in total. The fourth-order valence-corrected chi connectivity index (χ4v) is 2.47. The second kappa shape index (κ2) is 5.51. The predicted molar refractivity (Wildman–Crippen MR) is 70.8 cm³/mol. The van der Waals surface area contributed by atoms with Crippen molar-refractivity contribution >= 4 is 22.0 Å². The summed E-state index contributed by atoms with van der Waals surface area (Å²) >= 11 is 3.50. The fraction of sp³-hybridized carbons (Fsp3) is 0.385. The first-order valence-electron chi connectivity index (χ1n) is 5.53. The summed E-state index contributed by atoms with van der Waals surface area (Å²) in [5, 5.41) is 3.39. The van der Waals surface area contributed by atoms with Crippen molar-refractivity contribution in [3.8, 4) is 5.75 Å². The third-order valence-electron chi connectivity index (χ3n) is 2.75. The average molecular weight is 282 g/mol. The Morgan fingerprint density at radius 3 is 2.94 bits per heavy atom. The van der Waals surface area contributed by atoms with E-state index < -0.39 is 0 Å². The van der Waals surface area contributed by atoms with Gasteiger partial charge in [0.25, 0.3) is 0 Å². The number of rotatable bonds is 2. The molecule has 2 rings (SSSR count). The molecule has 0 atom stereocenters. The van der Waals surface area contributed by atoms with Crippen LogP contribution in [0.3, 0.4) is 0 Å². The van der Waals surface area contributed by atoms with Crippen molar-refractivity contribution in [3.05, 3.63) is 33.8 Å². The molecule has 0 radical (unpaired) electrons. The van der Waals surface area contributed by atoms with Crippen molar-refractivity contribution in [1.29, 1.82) is 0 Å². The zero-order valence-electron chi connectivity index (χ0n) is 9.42. The number of methoxy groups -OCH3 is 1. The quantitative estimate of drug-likeness (QED) is 0.899. The van der Waals surface area contributed by atoms with Crippen LogP contribution in [0.5, 0.6) is 5.75 Å². The minimum absolute atomic E-state index is 0.879. The van der Waals surface area contributed by atoms with Gasteiger partial charge in [-0.1, -0.05) is 17.7 Å². The van der Waals surface area contributed by atoms with Crippen molar-refractivity contribution in [3.63, 3.8) is 0 Å². The van der Waals surface area contributed by atoms with E-state index in [1.807, 2.05) is 6.07 Å². The van der Waals surface area contributed by atoms with Gasteiger partial charge in [-0.2, -0.15) is 0 Å². The van der Waals surface area contributed by atoms with Crippen LogP contribution in [0.1, 0.15) is 18.4 Å². The largest absolute Gasteiger partial charge is 0.496 e. The van der Waals surface area contributed by atoms with E-state index in [0.717, 1.165) is 23.3 Å². The minimum Gasteiger partial charge on any atom is -0.496 e. The van der Waals surface area contributed by atoms with E-state index in [0.29, 0.717) is 0 Å². The molecule has 0 amide bonds. The Kier molecular flexibility index (Phi) is 4.02. The van der Waals surface area contributed by atoms with Gasteiger partial charge >= 0.3 is 0 Å². The molecule has 86 valence electrons. The molecule has 0 spiro atoms. The number of nitrogens with one attached hydrogen (secondary N) is 1. The zero-order valence-corrected chi connectivity index (χ0v) is 11.0. The number of hydrogen-bond donors (Lipinski definition) is 1. The fourth-order valence-electron chi connectivity index (χ4n) is 1.91. The van der Waals surface area contributed by atoms with Gasteiger partial charge in [0.1, 0.15) is 5.75 Å². The van der Waals surface area contributed by atoms with E-state index >= 15 is 0 Å². The Hall–Kier alpha value is -0.800. The monoisotopic (exact) mass is 281 g/mol. The number of benzene rings is 1. The summed E-state index contributed by atoms with van der Waals surface area (Å²) in [5.41, 5.74) is 2.70. The molecule has 1 aromatic carbocycles. The summed E-state index contributed by atoms with van der Waals surface area (Å²) in [6.45, 7) is 2.16. The molecule has 1 aliphatic rings. The molecule has 3 heteroatoms. The first-order valence-corrected chi connectivity index (χ1v) is 6.32. The van der Waals surface area contributed by atoms with Crippen molar-refractivity contribution in [2.24, 2.45) is 0 Å². The molecule has 0 aromatic heterocycles. The lowest BCUT2D eigenvalue weighted by Crippen LogP contribution is -2.23. The number of hydrogen-bond acceptors (Lipinski definition) is 2. The Morgan fingerprint density at radius 1 is 1.44 bits per heavy atom. The molecular formula is C13H16BrNO. The molecule has 16 heavy (non-hydrogen) atoms. The maximum Gasteiger partial charge on any atom is 0.133 e. The molecule has 1 aromatic rings. The number of ether oxygens (including phenoxy) is 1. The van der Waals surface area contributed by atoms with E-state index in [1.54, 1.807) is 7.11 Å². The highest BCUT2D eigenvalue weighted by Crippen LogP contribution is 2.26. The Morgan fingerprint density at radius 2 is 2.31 bits per heavy atom. The molecular weight excluding hydrogens is 266 g/mol. The van der Waals surface area contributed by atoms with E-state index in [1.165, 1.54) is 24.0 Å². The molecule has 1 heterocycles. The Balaban J connectivity index is 2.17. The predicted octanol–water partition coefficient (Wildman–Crippen LogP) is 3.22. The topological polar surface area (TPSA) is 21.3 Å². The van der Waals surface area contributed by atoms with E-state index in [2.05, 4.69) is 39.5 Å². The van der Waals surface area contributed by atoms with Gasteiger partial charge in [-0.25, -0.2) is 0 Å². The van der Waals surface area contributed by atoms with Crippen molar-refractivity contribution < 1.29 is 4.74 Å². The summed E-state index contributed by atoms with van der Waals surface area (Å²) in [6, 6.07) is 6.18. The first kappa shape index (κ1) is 11.7. The molecule has 1 aliphatic heterocycles. The smallest absolute Gasteiger partial charge is 0.133 e. The highest BCUT2D eigenvalue weighted by atomic mass is 79.9. The second-order valence-electron chi connectivity index (χ2n) is 3.98. The Labute approximate surface area is 105 Å². The zero-order chi connectivity index (χ0) is 11.4. The van der Waals surface area contributed by atoms with Crippen LogP contribution in [0.15, 0.2) is 28.2 Å². The van der Waals surface area contributed by atoms with Crippen LogP contribution in [-0.4, -0.2) is 20.2 Å². The molecule has 0 unspecified atom stereocenters. The highest BCUT2D eigenvalue weighted by Gasteiger charge is 2.05. The summed E-state index contributed by atoms with van der Waals surface area (Å²) in [5.74, 6) is 0.879. The van der Waals surface area contributed by atoms with E-state index in [-0.39, 0.29) is 0 Å². The standard InChI is InChI=1S/C13H16BrNO/c1-16-13-5-4-10(8-12(13)14)7-11-3-2-6-15-9-11/h4-5,7-8,15H,2-3,6,9H2,1H3. The van der Waals surface area contributed by atoms with Gasteiger partial charge in [-0.15, -0.1) is 0 Å². The molecule has 0 aliphatic carbocycles. The molecule has 1 saturated heterocycles. The van der Waals surface area contributed by atoms with Crippen LogP contribution in [0.25, 0.3) is 6.08 Å². The van der Waals surface area contributed by atoms with E-state index in [4.69, 9.17) is 4.74 Å². The van der Waals surface area contributed by atoms with Crippen LogP contribution in [0, 0.1) is 0 Å². The number of piperidine rings is 1. The highest BCUT2D eigenvalue weighted by molar-refractivity contribution is 9.10. The normalized spacial score (nSPS) is 18.8. The summed E-state index contributed by atoms with van der Waals surface area (Å²) in [7, 11) is 1.68. The van der Waals surface area contributed by atoms with Crippen LogP contribution in [0.2, 0.25) is 0 Å². The van der Waals surface area contributed by atoms with Crippen molar-refractivity contribution in [1.82, 2.24) is 5.32 Å². The van der Waals surface area contributed by atoms with Gasteiger partial charge in [-0.05, 0) is 53.0 Å². The van der Waals surface area contributed by atoms with Crippen LogP contribution >= 0.6 is 15.9 Å². The number of halogens is 1. The van der Waals surface area contributed by atoms with Crippen molar-refractivity contribution in [2.75, 3.05) is 20.2 Å². The SMILES string of the molecule is COc1ccc(C=C2CCCNC2)cc1Br. The van der Waals surface area contributed by atoms with Crippen LogP contribution < -0.4 is 10.1 Å². The van der Waals surface area contributed by atoms with Crippen LogP contribution in [-0.2, 0) is 0 Å². The van der Waals surface area contributed by atoms with Crippen molar-refractivity contribution in [2.45, 2.75) is 12.8 Å². The third-order valence-corrected chi connectivity index (χ3v) is 3.37. The van der Waals surface area contributed by atoms with E-state index in [9.17, 15) is 0 Å². The first-order chi connectivity index (χ1) is 7.79. The molecule has 1 fully saturated rings. The summed E-state index contributed by atoms with van der Waals surface area (Å²) in [6.07, 6.45) is 4.70. The van der Waals surface area contributed by atoms with Gasteiger partial charge in [-0.3, -0.25) is 0 Å². The summed E-state index contributed by atoms with van der Waals surface area (Å²) in [4.78, 5) is 0. The molecule has 2 nitrogen and oxygen atoms in total. The maximum absolute atomic E-state index is 5.21. The minimum atomic E-state index is 0.879. The third kappa shape index (κ3) is 2.86. The Bertz CT molecular complexity index is 393. The van der Waals surface area contributed by atoms with Gasteiger partial charge in [0, 0.05) is 6.54 Å². The molecule has 0 saturated carbocycles. The second-order valence-corrected chi connectivity index (χ2v) is 4.83. The average Bonchev–Trinajstić information content (AvgIpc) is 2.31. The lowest BCUT2D eigenvalue weighted by atomic mass is 10.0.